The zero-order valence-corrected chi connectivity index (χ0v) is 31.3. The number of pyridine rings is 3. The van der Waals surface area contributed by atoms with Crippen molar-refractivity contribution in [2.24, 2.45) is 0 Å². The number of carboxylic acid groups (broad SMARTS) is 2. The fourth-order valence-electron chi connectivity index (χ4n) is 4.71. The minimum atomic E-state index is -1.28. The first-order valence-corrected chi connectivity index (χ1v) is 14.9. The van der Waals surface area contributed by atoms with E-state index in [9.17, 15) is 24.9 Å². The van der Waals surface area contributed by atoms with Crippen LogP contribution in [0.4, 0.5) is 0 Å². The van der Waals surface area contributed by atoms with E-state index in [0.717, 1.165) is 32.4 Å². The van der Waals surface area contributed by atoms with Crippen LogP contribution in [-0.4, -0.2) is 66.9 Å². The molecule has 5 rings (SSSR count). The molecule has 0 aliphatic carbocycles. The number of aliphatic hydroxyl groups excluding tert-OH is 1. The zero-order valence-electron chi connectivity index (χ0n) is 26.5. The molecule has 0 fully saturated rings. The fourth-order valence-corrected chi connectivity index (χ4v) is 5.60. The summed E-state index contributed by atoms with van der Waals surface area (Å²) in [6.45, 7) is 2.37. The number of likely N-dealkylation sites (N-methyl/N-ethyl adjacent to an activating group) is 1. The molecule has 11 nitrogen and oxygen atoms in total. The Morgan fingerprint density at radius 2 is 1.40 bits per heavy atom. The van der Waals surface area contributed by atoms with Crippen LogP contribution >= 0.6 is 11.3 Å². The van der Waals surface area contributed by atoms with Crippen LogP contribution in [0.15, 0.2) is 85.3 Å². The first-order valence-electron chi connectivity index (χ1n) is 14.1. The van der Waals surface area contributed by atoms with Gasteiger partial charge >= 0.3 is 59.1 Å². The van der Waals surface area contributed by atoms with Crippen LogP contribution in [-0.2, 0) is 26.2 Å². The molecular weight excluding hydrogens is 638 g/mol. The van der Waals surface area contributed by atoms with E-state index in [4.69, 9.17) is 4.98 Å². The van der Waals surface area contributed by atoms with Crippen LogP contribution in [0.3, 0.4) is 0 Å². The first-order chi connectivity index (χ1) is 21.8. The van der Waals surface area contributed by atoms with Gasteiger partial charge in [0.2, 0.25) is 0 Å². The third-order valence-corrected chi connectivity index (χ3v) is 8.13. The van der Waals surface area contributed by atoms with Gasteiger partial charge in [-0.3, -0.25) is 19.8 Å². The summed E-state index contributed by atoms with van der Waals surface area (Å²) in [6.07, 6.45) is 4.69. The average Bonchev–Trinajstić information content (AvgIpc) is 3.55. The van der Waals surface area contributed by atoms with Crippen molar-refractivity contribution in [3.8, 4) is 21.1 Å². The molecule has 230 valence electrons. The standard InChI is InChI=1S/C33H32N6O5S.2Na/c1-38(18-26-3-2-4-29(37-26)31-36-17-30(45-31)23-7-5-22(21-40)6-8-23)13-14-39(19-27-15-24(32(41)42)9-11-34-27)20-28-16-25(33(43)44)10-12-35-28;;/h2-12,15-17,40H,13-14,18-21H2,1H3,(H,41,42)(H,43,44);;/q;2*+1/p-2. The van der Waals surface area contributed by atoms with Gasteiger partial charge in [-0.1, -0.05) is 30.3 Å². The second-order valence-corrected chi connectivity index (χ2v) is 11.5. The van der Waals surface area contributed by atoms with Gasteiger partial charge in [0.05, 0.1) is 46.2 Å². The fraction of sp³-hybridized carbons (Fsp3) is 0.212. The quantitative estimate of drug-likeness (QED) is 0.115. The third kappa shape index (κ3) is 11.1. The number of carboxylic acids is 2. The Bertz CT molecular complexity index is 1730. The van der Waals surface area contributed by atoms with Crippen LogP contribution in [0.25, 0.3) is 21.1 Å². The summed E-state index contributed by atoms with van der Waals surface area (Å²) in [7, 11) is 1.98. The number of carbonyl (C=O) groups excluding carboxylic acids is 2. The molecule has 47 heavy (non-hydrogen) atoms. The molecule has 4 aromatic heterocycles. The topological polar surface area (TPSA) is 159 Å². The Kier molecular flexibility index (Phi) is 15.3. The van der Waals surface area contributed by atoms with Gasteiger partial charge in [0.25, 0.3) is 0 Å². The molecule has 4 heterocycles. The number of aromatic nitrogens is 4. The summed E-state index contributed by atoms with van der Waals surface area (Å²) in [4.78, 5) is 46.0. The number of hydrogen-bond acceptors (Lipinski definition) is 12. The van der Waals surface area contributed by atoms with Gasteiger partial charge < -0.3 is 24.9 Å². The van der Waals surface area contributed by atoms with Gasteiger partial charge in [-0.25, -0.2) is 9.97 Å². The van der Waals surface area contributed by atoms with Gasteiger partial charge in [0.1, 0.15) is 5.01 Å². The maximum Gasteiger partial charge on any atom is 1.00 e. The zero-order chi connectivity index (χ0) is 31.8. The Balaban J connectivity index is 0.00000300. The number of rotatable bonds is 14. The molecule has 14 heteroatoms. The van der Waals surface area contributed by atoms with E-state index in [1.54, 1.807) is 11.3 Å². The van der Waals surface area contributed by atoms with Crippen molar-refractivity contribution in [1.82, 2.24) is 29.7 Å². The van der Waals surface area contributed by atoms with Gasteiger partial charge in [-0.15, -0.1) is 11.3 Å². The molecule has 0 atom stereocenters. The number of aromatic carboxylic acids is 2. The van der Waals surface area contributed by atoms with Crippen molar-refractivity contribution >= 4 is 23.3 Å². The van der Waals surface area contributed by atoms with Crippen LogP contribution < -0.4 is 69.3 Å². The molecule has 0 bridgehead atoms. The Labute approximate surface area is 321 Å². The van der Waals surface area contributed by atoms with Crippen molar-refractivity contribution < 1.29 is 84.0 Å². The summed E-state index contributed by atoms with van der Waals surface area (Å²) in [5, 5.41) is 32.9. The summed E-state index contributed by atoms with van der Waals surface area (Å²) in [6, 6.07) is 19.3. The Hall–Kier alpha value is -2.88. The molecule has 0 saturated heterocycles. The molecule has 0 aliphatic heterocycles. The summed E-state index contributed by atoms with van der Waals surface area (Å²) < 4.78 is 0. The molecule has 0 saturated carbocycles. The van der Waals surface area contributed by atoms with E-state index < -0.39 is 11.9 Å². The normalized spacial score (nSPS) is 10.8. The molecule has 0 radical (unpaired) electrons. The SMILES string of the molecule is CN(CCN(Cc1cc(C(=O)[O-])ccn1)Cc1cc(C(=O)[O-])ccn1)Cc1cccc(-c2ncc(-c3ccc(CO)cc3)s2)n1.[Na+].[Na+]. The van der Waals surface area contributed by atoms with Crippen molar-refractivity contribution in [3.63, 3.8) is 0 Å². The Morgan fingerprint density at radius 1 is 0.787 bits per heavy atom. The van der Waals surface area contributed by atoms with E-state index in [1.165, 1.54) is 36.7 Å². The molecule has 0 unspecified atom stereocenters. The van der Waals surface area contributed by atoms with E-state index in [-0.39, 0.29) is 76.8 Å². The largest absolute Gasteiger partial charge is 1.00 e. The molecule has 1 aromatic carbocycles. The maximum atomic E-state index is 11.4. The molecular formula is C33H30N6Na2O5S. The molecule has 0 amide bonds. The minimum Gasteiger partial charge on any atom is -0.545 e. The number of aliphatic hydroxyl groups is 1. The van der Waals surface area contributed by atoms with Crippen LogP contribution in [0.1, 0.15) is 43.4 Å². The summed E-state index contributed by atoms with van der Waals surface area (Å²) in [5.41, 5.74) is 4.68. The van der Waals surface area contributed by atoms with Crippen molar-refractivity contribution in [2.75, 3.05) is 20.1 Å². The van der Waals surface area contributed by atoms with Crippen LogP contribution in [0.5, 0.6) is 0 Å². The van der Waals surface area contributed by atoms with E-state index in [2.05, 4.69) is 19.9 Å². The van der Waals surface area contributed by atoms with Crippen molar-refractivity contribution in [1.29, 1.82) is 0 Å². The number of hydrogen-bond donors (Lipinski definition) is 1. The Morgan fingerprint density at radius 3 is 1.98 bits per heavy atom. The minimum absolute atomic E-state index is 0. The monoisotopic (exact) mass is 668 g/mol. The average molecular weight is 669 g/mol. The van der Waals surface area contributed by atoms with Gasteiger partial charge in [0, 0.05) is 62.4 Å². The van der Waals surface area contributed by atoms with E-state index >= 15 is 0 Å². The van der Waals surface area contributed by atoms with Crippen molar-refractivity contribution in [3.05, 3.63) is 119 Å². The number of thiazole rings is 1. The number of benzene rings is 1. The molecule has 0 aliphatic rings. The molecule has 5 aromatic rings. The van der Waals surface area contributed by atoms with Gasteiger partial charge in [0.15, 0.2) is 0 Å². The molecule has 1 N–H and O–H groups in total. The second kappa shape index (κ2) is 18.6. The number of carbonyl (C=O) groups is 2. The smallest absolute Gasteiger partial charge is 0.545 e. The van der Waals surface area contributed by atoms with Crippen molar-refractivity contribution in [2.45, 2.75) is 26.2 Å². The second-order valence-electron chi connectivity index (χ2n) is 10.5. The van der Waals surface area contributed by atoms with Gasteiger partial charge in [-0.05, 0) is 54.6 Å². The predicted molar refractivity (Wildman–Crippen MR) is 164 cm³/mol. The maximum absolute atomic E-state index is 11.4. The summed E-state index contributed by atoms with van der Waals surface area (Å²) in [5.74, 6) is -2.57. The number of nitrogens with zero attached hydrogens (tertiary/aromatic N) is 6. The van der Waals surface area contributed by atoms with E-state index in [1.807, 2.05) is 60.6 Å². The molecule has 0 spiro atoms. The van der Waals surface area contributed by atoms with Crippen LogP contribution in [0, 0.1) is 0 Å². The van der Waals surface area contributed by atoms with E-state index in [0.29, 0.717) is 44.1 Å². The first kappa shape index (κ1) is 38.6. The predicted octanol–water partition coefficient (Wildman–Crippen LogP) is -3.98. The summed E-state index contributed by atoms with van der Waals surface area (Å²) >= 11 is 1.55. The van der Waals surface area contributed by atoms with Gasteiger partial charge in [-0.2, -0.15) is 0 Å². The van der Waals surface area contributed by atoms with Crippen LogP contribution in [0.2, 0.25) is 0 Å². The third-order valence-electron chi connectivity index (χ3n) is 7.06.